The summed E-state index contributed by atoms with van der Waals surface area (Å²) in [5.41, 5.74) is 7.52. The predicted molar refractivity (Wildman–Crippen MR) is 148 cm³/mol. The van der Waals surface area contributed by atoms with Crippen LogP contribution >= 0.6 is 0 Å². The van der Waals surface area contributed by atoms with Gasteiger partial charge in [-0.2, -0.15) is 5.10 Å². The van der Waals surface area contributed by atoms with E-state index in [-0.39, 0.29) is 17.6 Å². The number of fused-ring (bicyclic) bond motifs is 2. The van der Waals surface area contributed by atoms with Crippen molar-refractivity contribution in [2.75, 3.05) is 5.32 Å². The lowest BCUT2D eigenvalue weighted by atomic mass is 10.0. The summed E-state index contributed by atoms with van der Waals surface area (Å²) in [6.07, 6.45) is 7.11. The fourth-order valence-electron chi connectivity index (χ4n) is 4.60. The van der Waals surface area contributed by atoms with E-state index in [0.717, 1.165) is 16.6 Å². The number of halogens is 1. The average molecular weight is 521 g/mol. The molecule has 0 aliphatic heterocycles. The maximum Gasteiger partial charge on any atom is 0.224 e. The van der Waals surface area contributed by atoms with Crippen LogP contribution in [0.2, 0.25) is 0 Å². The van der Waals surface area contributed by atoms with Gasteiger partial charge in [-0.1, -0.05) is 19.9 Å². The minimum atomic E-state index is -0.314. The molecule has 0 fully saturated rings. The van der Waals surface area contributed by atoms with Gasteiger partial charge in [-0.15, -0.1) is 0 Å². The number of aromatic nitrogens is 7. The van der Waals surface area contributed by atoms with Crippen molar-refractivity contribution in [1.29, 1.82) is 0 Å². The number of hydrogen-bond acceptors (Lipinski definition) is 6. The first-order valence-electron chi connectivity index (χ1n) is 12.6. The summed E-state index contributed by atoms with van der Waals surface area (Å²) < 4.78 is 14.1. The third-order valence-corrected chi connectivity index (χ3v) is 6.29. The van der Waals surface area contributed by atoms with E-state index in [1.54, 1.807) is 24.8 Å². The van der Waals surface area contributed by atoms with Gasteiger partial charge in [0.1, 0.15) is 11.3 Å². The molecule has 6 aromatic rings. The number of imidazole rings is 1. The van der Waals surface area contributed by atoms with Crippen LogP contribution in [-0.2, 0) is 4.79 Å². The van der Waals surface area contributed by atoms with Crippen molar-refractivity contribution in [3.05, 3.63) is 72.6 Å². The summed E-state index contributed by atoms with van der Waals surface area (Å²) in [4.78, 5) is 33.8. The van der Waals surface area contributed by atoms with Crippen molar-refractivity contribution in [2.45, 2.75) is 27.2 Å². The Kier molecular flexibility index (Phi) is 6.07. The lowest BCUT2D eigenvalue weighted by molar-refractivity contribution is -0.116. The van der Waals surface area contributed by atoms with Gasteiger partial charge in [-0.05, 0) is 54.3 Å². The van der Waals surface area contributed by atoms with Crippen molar-refractivity contribution in [3.63, 3.8) is 0 Å². The minimum absolute atomic E-state index is 0.0587. The molecule has 1 amide bonds. The first kappa shape index (κ1) is 24.4. The second-order valence-electron chi connectivity index (χ2n) is 9.96. The molecule has 0 saturated heterocycles. The third-order valence-electron chi connectivity index (χ3n) is 6.29. The number of aryl methyl sites for hydroxylation is 1. The van der Waals surface area contributed by atoms with E-state index in [4.69, 9.17) is 9.97 Å². The average Bonchev–Trinajstić information content (AvgIpc) is 3.51. The predicted octanol–water partition coefficient (Wildman–Crippen LogP) is 6.06. The summed E-state index contributed by atoms with van der Waals surface area (Å²) >= 11 is 0. The Balaban J connectivity index is 1.39. The molecule has 0 radical (unpaired) electrons. The number of aromatic amines is 2. The summed E-state index contributed by atoms with van der Waals surface area (Å²) in [6.45, 7) is 5.84. The van der Waals surface area contributed by atoms with Gasteiger partial charge in [0.2, 0.25) is 5.91 Å². The Labute approximate surface area is 223 Å². The molecule has 0 unspecified atom stereocenters. The Morgan fingerprint density at radius 3 is 2.62 bits per heavy atom. The molecular formula is C29H25FN8O. The van der Waals surface area contributed by atoms with Crippen LogP contribution in [0.1, 0.15) is 25.8 Å². The van der Waals surface area contributed by atoms with Gasteiger partial charge in [-0.3, -0.25) is 19.9 Å². The highest BCUT2D eigenvalue weighted by Gasteiger charge is 2.18. The summed E-state index contributed by atoms with van der Waals surface area (Å²) in [6, 6.07) is 10.5. The number of benzene rings is 1. The number of amides is 1. The van der Waals surface area contributed by atoms with Gasteiger partial charge in [0.15, 0.2) is 11.5 Å². The molecule has 9 nitrogen and oxygen atoms in total. The van der Waals surface area contributed by atoms with E-state index in [0.29, 0.717) is 57.0 Å². The third kappa shape index (κ3) is 4.84. The van der Waals surface area contributed by atoms with Crippen LogP contribution in [-0.4, -0.2) is 41.0 Å². The highest BCUT2D eigenvalue weighted by Crippen LogP contribution is 2.32. The van der Waals surface area contributed by atoms with Crippen LogP contribution in [0.25, 0.3) is 56.0 Å². The number of hydrogen-bond donors (Lipinski definition) is 3. The number of nitrogens with zero attached hydrogens (tertiary/aromatic N) is 5. The number of anilines is 1. The SMILES string of the molecule is Cc1cc(F)cc(-c2cncc3[nH]c(-c4n[nH]c5ccc(-c6cncc(NC(=O)CC(C)C)c6)nc45)nc23)c1. The minimum Gasteiger partial charge on any atom is -0.335 e. The first-order chi connectivity index (χ1) is 18.8. The molecule has 5 aromatic heterocycles. The van der Waals surface area contributed by atoms with Gasteiger partial charge < -0.3 is 10.3 Å². The summed E-state index contributed by atoms with van der Waals surface area (Å²) in [5.74, 6) is 0.395. The lowest BCUT2D eigenvalue weighted by Gasteiger charge is -2.08. The number of pyridine rings is 3. The molecule has 39 heavy (non-hydrogen) atoms. The van der Waals surface area contributed by atoms with Gasteiger partial charge >= 0.3 is 0 Å². The number of nitrogens with one attached hydrogen (secondary N) is 3. The van der Waals surface area contributed by atoms with Crippen LogP contribution in [0, 0.1) is 18.7 Å². The van der Waals surface area contributed by atoms with E-state index in [1.807, 2.05) is 45.0 Å². The van der Waals surface area contributed by atoms with E-state index < -0.39 is 0 Å². The van der Waals surface area contributed by atoms with Crippen molar-refractivity contribution in [1.82, 2.24) is 35.1 Å². The summed E-state index contributed by atoms with van der Waals surface area (Å²) in [5, 5.41) is 10.4. The zero-order valence-corrected chi connectivity index (χ0v) is 21.6. The van der Waals surface area contributed by atoms with E-state index >= 15 is 0 Å². The number of rotatable bonds is 6. The van der Waals surface area contributed by atoms with Crippen LogP contribution < -0.4 is 5.32 Å². The second kappa shape index (κ2) is 9.71. The fourth-order valence-corrected chi connectivity index (χ4v) is 4.60. The number of carbonyl (C=O) groups excluding carboxylic acids is 1. The fraction of sp³-hybridized carbons (Fsp3) is 0.172. The van der Waals surface area contributed by atoms with Crippen molar-refractivity contribution >= 4 is 33.7 Å². The maximum absolute atomic E-state index is 14.1. The second-order valence-corrected chi connectivity index (χ2v) is 9.96. The van der Waals surface area contributed by atoms with Crippen molar-refractivity contribution in [2.24, 2.45) is 5.92 Å². The molecule has 3 N–H and O–H groups in total. The molecule has 0 aliphatic carbocycles. The van der Waals surface area contributed by atoms with Crippen LogP contribution in [0.4, 0.5) is 10.1 Å². The van der Waals surface area contributed by atoms with Gasteiger partial charge in [0.25, 0.3) is 0 Å². The van der Waals surface area contributed by atoms with Gasteiger partial charge in [0, 0.05) is 29.9 Å². The number of H-pyrrole nitrogens is 2. The molecule has 0 atom stereocenters. The van der Waals surface area contributed by atoms with Crippen LogP contribution in [0.5, 0.6) is 0 Å². The molecule has 0 spiro atoms. The Hall–Kier alpha value is -4.99. The lowest BCUT2D eigenvalue weighted by Crippen LogP contribution is -2.14. The molecule has 0 bridgehead atoms. The first-order valence-corrected chi connectivity index (χ1v) is 12.6. The Bertz CT molecular complexity index is 1840. The summed E-state index contributed by atoms with van der Waals surface area (Å²) in [7, 11) is 0. The monoisotopic (exact) mass is 520 g/mol. The number of carbonyl (C=O) groups is 1. The van der Waals surface area contributed by atoms with Crippen LogP contribution in [0.15, 0.2) is 61.2 Å². The molecule has 5 heterocycles. The Morgan fingerprint density at radius 2 is 1.79 bits per heavy atom. The van der Waals surface area contributed by atoms with E-state index in [9.17, 15) is 9.18 Å². The quantitative estimate of drug-likeness (QED) is 0.245. The van der Waals surface area contributed by atoms with Crippen molar-refractivity contribution < 1.29 is 9.18 Å². The molecule has 0 aliphatic rings. The normalized spacial score (nSPS) is 11.5. The molecule has 6 rings (SSSR count). The smallest absolute Gasteiger partial charge is 0.224 e. The molecular weight excluding hydrogens is 495 g/mol. The maximum atomic E-state index is 14.1. The molecule has 194 valence electrons. The standard InChI is InChI=1S/C29H25FN8O/c1-15(2)6-25(39)33-20-10-18(11-31-12-20)22-4-5-23-27(34-22)28(38-37-23)29-35-24-14-32-13-21(26(24)36-29)17-7-16(3)8-19(30)9-17/h4-5,7-15H,6H2,1-3H3,(H,33,39)(H,35,36)(H,37,38). The highest BCUT2D eigenvalue weighted by molar-refractivity contribution is 5.96. The van der Waals surface area contributed by atoms with Crippen molar-refractivity contribution in [3.8, 4) is 33.9 Å². The largest absolute Gasteiger partial charge is 0.335 e. The van der Waals surface area contributed by atoms with Gasteiger partial charge in [0.05, 0.1) is 40.3 Å². The molecule has 0 saturated carbocycles. The highest BCUT2D eigenvalue weighted by atomic mass is 19.1. The zero-order chi connectivity index (χ0) is 27.1. The Morgan fingerprint density at radius 1 is 0.949 bits per heavy atom. The van der Waals surface area contributed by atoms with Gasteiger partial charge in [-0.25, -0.2) is 14.4 Å². The molecule has 10 heteroatoms. The van der Waals surface area contributed by atoms with E-state index in [2.05, 4.69) is 30.5 Å². The molecule has 1 aromatic carbocycles. The zero-order valence-electron chi connectivity index (χ0n) is 21.6. The van der Waals surface area contributed by atoms with Crippen LogP contribution in [0.3, 0.4) is 0 Å². The topological polar surface area (TPSA) is 125 Å². The van der Waals surface area contributed by atoms with E-state index in [1.165, 1.54) is 12.1 Å².